The first-order chi connectivity index (χ1) is 11.8. The SMILES string of the molecule is Cc1cnn(CC2CCCN2Cc2ncc(-c3ccccc3)o2)c1. The second-order valence-corrected chi connectivity index (χ2v) is 6.49. The maximum atomic E-state index is 5.96. The van der Waals surface area contributed by atoms with E-state index in [9.17, 15) is 0 Å². The molecule has 1 aliphatic rings. The Morgan fingerprint density at radius 3 is 2.88 bits per heavy atom. The van der Waals surface area contributed by atoms with Gasteiger partial charge in [0.15, 0.2) is 5.76 Å². The van der Waals surface area contributed by atoms with Gasteiger partial charge in [0.05, 0.1) is 25.5 Å². The maximum Gasteiger partial charge on any atom is 0.209 e. The zero-order chi connectivity index (χ0) is 16.4. The van der Waals surface area contributed by atoms with Crippen molar-refractivity contribution in [3.8, 4) is 11.3 Å². The second-order valence-electron chi connectivity index (χ2n) is 6.49. The van der Waals surface area contributed by atoms with Crippen molar-refractivity contribution in [3.63, 3.8) is 0 Å². The molecule has 0 bridgehead atoms. The predicted molar refractivity (Wildman–Crippen MR) is 92.3 cm³/mol. The zero-order valence-electron chi connectivity index (χ0n) is 13.9. The third-order valence-corrected chi connectivity index (χ3v) is 4.61. The summed E-state index contributed by atoms with van der Waals surface area (Å²) in [7, 11) is 0. The molecule has 3 aromatic rings. The fraction of sp³-hybridized carbons (Fsp3) is 0.368. The molecular weight excluding hydrogens is 300 g/mol. The zero-order valence-corrected chi connectivity index (χ0v) is 13.9. The number of oxazole rings is 1. The third-order valence-electron chi connectivity index (χ3n) is 4.61. The van der Waals surface area contributed by atoms with Crippen LogP contribution < -0.4 is 0 Å². The molecule has 4 rings (SSSR count). The molecule has 3 heterocycles. The van der Waals surface area contributed by atoms with Crippen LogP contribution in [0.25, 0.3) is 11.3 Å². The van der Waals surface area contributed by atoms with Crippen LogP contribution in [0, 0.1) is 6.92 Å². The summed E-state index contributed by atoms with van der Waals surface area (Å²) in [4.78, 5) is 6.93. The predicted octanol–water partition coefficient (Wildman–Crippen LogP) is 3.51. The van der Waals surface area contributed by atoms with Gasteiger partial charge in [-0.15, -0.1) is 0 Å². The number of likely N-dealkylation sites (tertiary alicyclic amines) is 1. The van der Waals surface area contributed by atoms with Gasteiger partial charge < -0.3 is 4.42 Å². The van der Waals surface area contributed by atoms with Crippen molar-refractivity contribution in [2.75, 3.05) is 6.54 Å². The van der Waals surface area contributed by atoms with E-state index in [1.54, 1.807) is 0 Å². The fourth-order valence-electron chi connectivity index (χ4n) is 3.39. The van der Waals surface area contributed by atoms with Crippen LogP contribution >= 0.6 is 0 Å². The van der Waals surface area contributed by atoms with E-state index < -0.39 is 0 Å². The molecule has 0 spiro atoms. The molecule has 0 radical (unpaired) electrons. The number of nitrogens with zero attached hydrogens (tertiary/aromatic N) is 4. The van der Waals surface area contributed by atoms with Gasteiger partial charge >= 0.3 is 0 Å². The van der Waals surface area contributed by atoms with E-state index in [0.29, 0.717) is 6.04 Å². The summed E-state index contributed by atoms with van der Waals surface area (Å²) in [6.07, 6.45) is 8.27. The van der Waals surface area contributed by atoms with Crippen molar-refractivity contribution in [2.24, 2.45) is 0 Å². The van der Waals surface area contributed by atoms with Gasteiger partial charge in [-0.25, -0.2) is 4.98 Å². The summed E-state index contributed by atoms with van der Waals surface area (Å²) >= 11 is 0. The summed E-state index contributed by atoms with van der Waals surface area (Å²) < 4.78 is 8.00. The summed E-state index contributed by atoms with van der Waals surface area (Å²) in [5.74, 6) is 1.63. The molecule has 5 heteroatoms. The van der Waals surface area contributed by atoms with Crippen molar-refractivity contribution in [1.29, 1.82) is 0 Å². The summed E-state index contributed by atoms with van der Waals surface area (Å²) in [6, 6.07) is 10.6. The lowest BCUT2D eigenvalue weighted by Crippen LogP contribution is -2.32. The normalized spacial score (nSPS) is 18.3. The molecule has 1 unspecified atom stereocenters. The van der Waals surface area contributed by atoms with Crippen molar-refractivity contribution in [1.82, 2.24) is 19.7 Å². The van der Waals surface area contributed by atoms with E-state index >= 15 is 0 Å². The highest BCUT2D eigenvalue weighted by atomic mass is 16.4. The number of hydrogen-bond acceptors (Lipinski definition) is 4. The van der Waals surface area contributed by atoms with Crippen LogP contribution in [0.2, 0.25) is 0 Å². The van der Waals surface area contributed by atoms with E-state index in [1.807, 2.05) is 47.4 Å². The lowest BCUT2D eigenvalue weighted by Gasteiger charge is -2.22. The molecule has 1 atom stereocenters. The Kier molecular flexibility index (Phi) is 4.17. The molecule has 1 saturated heterocycles. The average molecular weight is 322 g/mol. The van der Waals surface area contributed by atoms with Gasteiger partial charge in [-0.2, -0.15) is 5.10 Å². The third kappa shape index (κ3) is 3.26. The first-order valence-electron chi connectivity index (χ1n) is 8.51. The number of hydrogen-bond donors (Lipinski definition) is 0. The van der Waals surface area contributed by atoms with Gasteiger partial charge in [-0.05, 0) is 31.9 Å². The number of aryl methyl sites for hydroxylation is 1. The molecule has 0 saturated carbocycles. The Morgan fingerprint density at radius 1 is 1.21 bits per heavy atom. The van der Waals surface area contributed by atoms with Crippen LogP contribution in [0.4, 0.5) is 0 Å². The molecule has 24 heavy (non-hydrogen) atoms. The van der Waals surface area contributed by atoms with E-state index in [4.69, 9.17) is 4.42 Å². The highest BCUT2D eigenvalue weighted by Crippen LogP contribution is 2.24. The molecule has 124 valence electrons. The van der Waals surface area contributed by atoms with Crippen LogP contribution in [0.1, 0.15) is 24.3 Å². The number of aromatic nitrogens is 3. The fourth-order valence-corrected chi connectivity index (χ4v) is 3.39. The molecule has 0 aliphatic carbocycles. The van der Waals surface area contributed by atoms with E-state index in [0.717, 1.165) is 36.8 Å². The second kappa shape index (κ2) is 6.61. The molecular formula is C19H22N4O. The highest BCUT2D eigenvalue weighted by molar-refractivity contribution is 5.55. The minimum Gasteiger partial charge on any atom is -0.439 e. The van der Waals surface area contributed by atoms with Gasteiger partial charge in [0.2, 0.25) is 5.89 Å². The average Bonchev–Trinajstić information content (AvgIpc) is 3.32. The van der Waals surface area contributed by atoms with Gasteiger partial charge in [0.25, 0.3) is 0 Å². The van der Waals surface area contributed by atoms with E-state index in [-0.39, 0.29) is 0 Å². The molecule has 1 aromatic carbocycles. The van der Waals surface area contributed by atoms with Crippen molar-refractivity contribution >= 4 is 0 Å². The lowest BCUT2D eigenvalue weighted by atomic mass is 10.2. The summed E-state index contributed by atoms with van der Waals surface area (Å²) in [5.41, 5.74) is 2.28. The number of rotatable bonds is 5. The first kappa shape index (κ1) is 15.1. The molecule has 0 amide bonds. The van der Waals surface area contributed by atoms with E-state index in [2.05, 4.69) is 28.1 Å². The molecule has 2 aromatic heterocycles. The smallest absolute Gasteiger partial charge is 0.209 e. The maximum absolute atomic E-state index is 5.96. The molecule has 1 fully saturated rings. The monoisotopic (exact) mass is 322 g/mol. The Morgan fingerprint density at radius 2 is 2.08 bits per heavy atom. The minimum atomic E-state index is 0.497. The first-order valence-corrected chi connectivity index (χ1v) is 8.51. The van der Waals surface area contributed by atoms with Crippen LogP contribution in [-0.4, -0.2) is 32.3 Å². The Balaban J connectivity index is 1.43. The molecule has 5 nitrogen and oxygen atoms in total. The van der Waals surface area contributed by atoms with E-state index in [1.165, 1.54) is 18.4 Å². The lowest BCUT2D eigenvalue weighted by molar-refractivity contribution is 0.200. The Labute approximate surface area is 141 Å². The van der Waals surface area contributed by atoms with Gasteiger partial charge in [0, 0.05) is 17.8 Å². The summed E-state index contributed by atoms with van der Waals surface area (Å²) in [5, 5.41) is 4.42. The van der Waals surface area contributed by atoms with Crippen molar-refractivity contribution in [3.05, 3.63) is 60.4 Å². The van der Waals surface area contributed by atoms with Crippen molar-refractivity contribution in [2.45, 2.75) is 38.9 Å². The number of benzene rings is 1. The molecule has 0 N–H and O–H groups in total. The highest BCUT2D eigenvalue weighted by Gasteiger charge is 2.26. The van der Waals surface area contributed by atoms with Crippen molar-refractivity contribution < 1.29 is 4.42 Å². The van der Waals surface area contributed by atoms with Gasteiger partial charge in [0.1, 0.15) is 0 Å². The molecule has 1 aliphatic heterocycles. The summed E-state index contributed by atoms with van der Waals surface area (Å²) in [6.45, 7) is 4.86. The Hall–Kier alpha value is -2.40. The standard InChI is InChI=1S/C19H22N4O/c1-15-10-21-23(12-15)13-17-8-5-9-22(17)14-19-20-11-18(24-19)16-6-3-2-4-7-16/h2-4,6-7,10-12,17H,5,8-9,13-14H2,1H3. The topological polar surface area (TPSA) is 47.1 Å². The van der Waals surface area contributed by atoms with Crippen LogP contribution in [-0.2, 0) is 13.1 Å². The van der Waals surface area contributed by atoms with Crippen LogP contribution in [0.5, 0.6) is 0 Å². The van der Waals surface area contributed by atoms with Crippen LogP contribution in [0.3, 0.4) is 0 Å². The van der Waals surface area contributed by atoms with Gasteiger partial charge in [-0.1, -0.05) is 30.3 Å². The quantitative estimate of drug-likeness (QED) is 0.721. The minimum absolute atomic E-state index is 0.497. The van der Waals surface area contributed by atoms with Gasteiger partial charge in [-0.3, -0.25) is 9.58 Å². The largest absolute Gasteiger partial charge is 0.439 e. The van der Waals surface area contributed by atoms with Crippen LogP contribution in [0.15, 0.2) is 53.3 Å². The Bertz CT molecular complexity index is 793.